The van der Waals surface area contributed by atoms with E-state index >= 15 is 0 Å². The van der Waals surface area contributed by atoms with Gasteiger partial charge < -0.3 is 14.2 Å². The first-order valence-corrected chi connectivity index (χ1v) is 10.2. The van der Waals surface area contributed by atoms with Crippen LogP contribution in [0.25, 0.3) is 0 Å². The Bertz CT molecular complexity index is 996. The molecule has 7 heteroatoms. The standard InChI is InChI=1S/C23H21IN2O4/c1-28-21-11-18(12-22(13-21)29-2)23(27)26-25-14-16-5-9-20(10-6-16)30-15-17-3-7-19(24)8-4-17/h3-14H,15H2,1-2H3,(H,26,27)/b25-14-. The fourth-order valence-corrected chi connectivity index (χ4v) is 2.93. The maximum Gasteiger partial charge on any atom is 0.271 e. The van der Waals surface area contributed by atoms with Crippen molar-refractivity contribution in [1.29, 1.82) is 0 Å². The number of rotatable bonds is 8. The third-order valence-electron chi connectivity index (χ3n) is 4.19. The molecule has 0 heterocycles. The lowest BCUT2D eigenvalue weighted by molar-refractivity contribution is 0.0954. The summed E-state index contributed by atoms with van der Waals surface area (Å²) < 4.78 is 17.3. The lowest BCUT2D eigenvalue weighted by Gasteiger charge is -2.07. The number of nitrogens with one attached hydrogen (secondary N) is 1. The number of hydrogen-bond donors (Lipinski definition) is 1. The van der Waals surface area contributed by atoms with E-state index in [1.54, 1.807) is 24.4 Å². The molecule has 0 unspecified atom stereocenters. The second kappa shape index (κ2) is 10.6. The molecule has 30 heavy (non-hydrogen) atoms. The van der Waals surface area contributed by atoms with E-state index in [0.29, 0.717) is 23.7 Å². The van der Waals surface area contributed by atoms with Gasteiger partial charge in [-0.25, -0.2) is 5.43 Å². The molecule has 3 rings (SSSR count). The van der Waals surface area contributed by atoms with E-state index in [1.165, 1.54) is 17.8 Å². The molecule has 0 radical (unpaired) electrons. The number of hydrazone groups is 1. The predicted octanol–water partition coefficient (Wildman–Crippen LogP) is 4.65. The van der Waals surface area contributed by atoms with Gasteiger partial charge in [0.2, 0.25) is 0 Å². The molecule has 0 aliphatic heterocycles. The quantitative estimate of drug-likeness (QED) is 0.269. The van der Waals surface area contributed by atoms with Crippen LogP contribution in [0.2, 0.25) is 0 Å². The normalized spacial score (nSPS) is 10.6. The van der Waals surface area contributed by atoms with E-state index in [9.17, 15) is 4.79 Å². The summed E-state index contributed by atoms with van der Waals surface area (Å²) in [4.78, 5) is 12.3. The van der Waals surface area contributed by atoms with E-state index in [-0.39, 0.29) is 5.91 Å². The zero-order valence-electron chi connectivity index (χ0n) is 16.6. The molecule has 1 amide bonds. The Hall–Kier alpha value is -3.07. The molecule has 0 bridgehead atoms. The summed E-state index contributed by atoms with van der Waals surface area (Å²) in [6, 6.07) is 20.6. The van der Waals surface area contributed by atoms with Gasteiger partial charge in [-0.15, -0.1) is 0 Å². The fourth-order valence-electron chi connectivity index (χ4n) is 2.57. The van der Waals surface area contributed by atoms with Gasteiger partial charge in [-0.1, -0.05) is 12.1 Å². The summed E-state index contributed by atoms with van der Waals surface area (Å²) in [5.41, 5.74) is 4.84. The molecule has 0 aliphatic carbocycles. The van der Waals surface area contributed by atoms with Crippen LogP contribution in [0.4, 0.5) is 0 Å². The summed E-state index contributed by atoms with van der Waals surface area (Å²) in [5, 5.41) is 4.01. The number of halogens is 1. The molecule has 1 N–H and O–H groups in total. The molecule has 154 valence electrons. The zero-order chi connectivity index (χ0) is 21.3. The topological polar surface area (TPSA) is 69.2 Å². The van der Waals surface area contributed by atoms with E-state index in [0.717, 1.165) is 16.9 Å². The molecule has 0 aromatic heterocycles. The van der Waals surface area contributed by atoms with Gasteiger partial charge in [0, 0.05) is 15.2 Å². The summed E-state index contributed by atoms with van der Waals surface area (Å²) in [6.45, 7) is 0.504. The third kappa shape index (κ3) is 6.21. The molecule has 3 aromatic rings. The van der Waals surface area contributed by atoms with Gasteiger partial charge in [0.05, 0.1) is 20.4 Å². The molecule has 0 spiro atoms. The number of carbonyl (C=O) groups excluding carboxylic acids is 1. The molecule has 0 aliphatic rings. The Kier molecular flexibility index (Phi) is 7.67. The van der Waals surface area contributed by atoms with Gasteiger partial charge in [0.15, 0.2) is 0 Å². The molecule has 0 saturated carbocycles. The van der Waals surface area contributed by atoms with Crippen molar-refractivity contribution < 1.29 is 19.0 Å². The van der Waals surface area contributed by atoms with Crippen LogP contribution in [-0.2, 0) is 6.61 Å². The van der Waals surface area contributed by atoms with Gasteiger partial charge >= 0.3 is 0 Å². The van der Waals surface area contributed by atoms with Crippen LogP contribution in [-0.4, -0.2) is 26.3 Å². The molecular formula is C23H21IN2O4. The zero-order valence-corrected chi connectivity index (χ0v) is 18.8. The number of amides is 1. The van der Waals surface area contributed by atoms with Crippen LogP contribution in [0.1, 0.15) is 21.5 Å². The van der Waals surface area contributed by atoms with Gasteiger partial charge in [0.1, 0.15) is 23.9 Å². The maximum atomic E-state index is 12.3. The number of benzene rings is 3. The molecule has 6 nitrogen and oxygen atoms in total. The molecular weight excluding hydrogens is 495 g/mol. The smallest absolute Gasteiger partial charge is 0.271 e. The number of ether oxygens (including phenoxy) is 3. The van der Waals surface area contributed by atoms with E-state index < -0.39 is 0 Å². The summed E-state index contributed by atoms with van der Waals surface area (Å²) >= 11 is 2.27. The lowest BCUT2D eigenvalue weighted by Crippen LogP contribution is -2.17. The van der Waals surface area contributed by atoms with Crippen LogP contribution >= 0.6 is 22.6 Å². The minimum atomic E-state index is -0.360. The Labute approximate surface area is 189 Å². The second-order valence-electron chi connectivity index (χ2n) is 6.28. The first-order valence-electron chi connectivity index (χ1n) is 9.11. The van der Waals surface area contributed by atoms with E-state index in [4.69, 9.17) is 14.2 Å². The van der Waals surface area contributed by atoms with Crippen LogP contribution in [0.5, 0.6) is 17.2 Å². The number of hydrogen-bond acceptors (Lipinski definition) is 5. The fraction of sp³-hybridized carbons (Fsp3) is 0.130. The highest BCUT2D eigenvalue weighted by Crippen LogP contribution is 2.22. The van der Waals surface area contributed by atoms with Gasteiger partial charge in [-0.2, -0.15) is 5.10 Å². The van der Waals surface area contributed by atoms with Crippen molar-refractivity contribution in [3.63, 3.8) is 0 Å². The van der Waals surface area contributed by atoms with Crippen LogP contribution < -0.4 is 19.6 Å². The average Bonchev–Trinajstić information content (AvgIpc) is 2.79. The average molecular weight is 516 g/mol. The van der Waals surface area contributed by atoms with Gasteiger partial charge in [0.25, 0.3) is 5.91 Å². The van der Waals surface area contributed by atoms with Crippen molar-refractivity contribution in [3.8, 4) is 17.2 Å². The Morgan fingerprint density at radius 1 is 0.933 bits per heavy atom. The lowest BCUT2D eigenvalue weighted by atomic mass is 10.2. The number of methoxy groups -OCH3 is 2. The van der Waals surface area contributed by atoms with Gasteiger partial charge in [-0.05, 0) is 82.2 Å². The Morgan fingerprint density at radius 2 is 1.57 bits per heavy atom. The largest absolute Gasteiger partial charge is 0.497 e. The van der Waals surface area contributed by atoms with Crippen molar-refractivity contribution >= 4 is 34.7 Å². The summed E-state index contributed by atoms with van der Waals surface area (Å²) in [7, 11) is 3.06. The monoisotopic (exact) mass is 516 g/mol. The first kappa shape index (κ1) is 21.6. The van der Waals surface area contributed by atoms with Crippen molar-refractivity contribution in [1.82, 2.24) is 5.43 Å². The third-order valence-corrected chi connectivity index (χ3v) is 4.91. The molecule has 3 aromatic carbocycles. The highest BCUT2D eigenvalue weighted by atomic mass is 127. The van der Waals surface area contributed by atoms with Crippen LogP contribution in [0.15, 0.2) is 71.8 Å². The highest BCUT2D eigenvalue weighted by Gasteiger charge is 2.09. The first-order chi connectivity index (χ1) is 14.6. The molecule has 0 atom stereocenters. The van der Waals surface area contributed by atoms with Crippen LogP contribution in [0.3, 0.4) is 0 Å². The van der Waals surface area contributed by atoms with Gasteiger partial charge in [-0.3, -0.25) is 4.79 Å². The predicted molar refractivity (Wildman–Crippen MR) is 125 cm³/mol. The highest BCUT2D eigenvalue weighted by molar-refractivity contribution is 14.1. The molecule has 0 fully saturated rings. The van der Waals surface area contributed by atoms with Crippen molar-refractivity contribution in [3.05, 3.63) is 87.0 Å². The SMILES string of the molecule is COc1cc(OC)cc(C(=O)N/N=C\c2ccc(OCc3ccc(I)cc3)cc2)c1. The second-order valence-corrected chi connectivity index (χ2v) is 7.53. The number of nitrogens with zero attached hydrogens (tertiary/aromatic N) is 1. The van der Waals surface area contributed by atoms with Crippen molar-refractivity contribution in [2.75, 3.05) is 14.2 Å². The van der Waals surface area contributed by atoms with Crippen molar-refractivity contribution in [2.45, 2.75) is 6.61 Å². The number of carbonyl (C=O) groups is 1. The van der Waals surface area contributed by atoms with Crippen molar-refractivity contribution in [2.24, 2.45) is 5.10 Å². The van der Waals surface area contributed by atoms with E-state index in [1.807, 2.05) is 36.4 Å². The maximum absolute atomic E-state index is 12.3. The van der Waals surface area contributed by atoms with E-state index in [2.05, 4.69) is 45.3 Å². The Morgan fingerprint density at radius 3 is 2.17 bits per heavy atom. The van der Waals surface area contributed by atoms with Crippen LogP contribution in [0, 0.1) is 3.57 Å². The molecule has 0 saturated heterocycles. The minimum Gasteiger partial charge on any atom is -0.497 e. The Balaban J connectivity index is 1.55. The summed E-state index contributed by atoms with van der Waals surface area (Å²) in [5.74, 6) is 1.47. The minimum absolute atomic E-state index is 0.360. The summed E-state index contributed by atoms with van der Waals surface area (Å²) in [6.07, 6.45) is 1.57.